The second kappa shape index (κ2) is 5.97. The van der Waals surface area contributed by atoms with E-state index in [0.717, 1.165) is 19.2 Å². The third kappa shape index (κ3) is 3.04. The normalized spacial score (nSPS) is 10.6. The molecule has 7 heteroatoms. The fourth-order valence-electron chi connectivity index (χ4n) is 1.77. The number of rotatable bonds is 3. The molecule has 0 saturated heterocycles. The van der Waals surface area contributed by atoms with Crippen LogP contribution in [0.4, 0.5) is 5.69 Å². The topological polar surface area (TPSA) is 56.0 Å². The smallest absolute Gasteiger partial charge is 0.330 e. The van der Waals surface area contributed by atoms with Crippen LogP contribution in [0.3, 0.4) is 0 Å². The number of benzene rings is 1. The van der Waals surface area contributed by atoms with Crippen molar-refractivity contribution in [3.05, 3.63) is 59.7 Å². The molecule has 0 unspecified atom stereocenters. The molecule has 0 fully saturated rings. The minimum atomic E-state index is -0.331. The zero-order chi connectivity index (χ0) is 14.9. The quantitative estimate of drug-likeness (QED) is 0.856. The Morgan fingerprint density at radius 2 is 1.80 bits per heavy atom. The highest BCUT2D eigenvalue weighted by Crippen LogP contribution is 2.26. The maximum atomic E-state index is 11.8. The number of nitrogens with zero attached hydrogens (tertiary/aromatic N) is 2. The molecule has 0 atom stereocenters. The van der Waals surface area contributed by atoms with E-state index >= 15 is 0 Å². The maximum Gasteiger partial charge on any atom is 0.330 e. The zero-order valence-electron chi connectivity index (χ0n) is 11.0. The summed E-state index contributed by atoms with van der Waals surface area (Å²) in [5.41, 5.74) is 0.873. The highest BCUT2D eigenvalue weighted by molar-refractivity contribution is 9.11. The molecule has 0 radical (unpaired) electrons. The number of hydrogen-bond donors (Lipinski definition) is 1. The Kier molecular flexibility index (Phi) is 4.49. The van der Waals surface area contributed by atoms with Gasteiger partial charge in [0, 0.05) is 40.5 Å². The predicted molar refractivity (Wildman–Crippen MR) is 86.1 cm³/mol. The molecule has 2 rings (SSSR count). The van der Waals surface area contributed by atoms with Crippen LogP contribution in [0.5, 0.6) is 0 Å². The Labute approximate surface area is 132 Å². The van der Waals surface area contributed by atoms with Crippen molar-refractivity contribution in [3.8, 4) is 0 Å². The fourth-order valence-corrected chi connectivity index (χ4v) is 2.51. The summed E-state index contributed by atoms with van der Waals surface area (Å²) < 4.78 is 4.40. The van der Waals surface area contributed by atoms with E-state index in [4.69, 9.17) is 0 Å². The second-order valence-corrected chi connectivity index (χ2v) is 6.12. The van der Waals surface area contributed by atoms with E-state index in [0.29, 0.717) is 12.2 Å². The van der Waals surface area contributed by atoms with Gasteiger partial charge in [0.2, 0.25) is 0 Å². The molecule has 0 aliphatic carbocycles. The lowest BCUT2D eigenvalue weighted by atomic mass is 10.3. The molecular weight excluding hydrogens is 390 g/mol. The molecule has 1 aromatic carbocycles. The third-order valence-electron chi connectivity index (χ3n) is 3.01. The van der Waals surface area contributed by atoms with Gasteiger partial charge in [-0.25, -0.2) is 4.79 Å². The lowest BCUT2D eigenvalue weighted by Crippen LogP contribution is -2.38. The van der Waals surface area contributed by atoms with Crippen LogP contribution in [0.25, 0.3) is 0 Å². The Morgan fingerprint density at radius 1 is 1.10 bits per heavy atom. The first-order valence-electron chi connectivity index (χ1n) is 5.85. The van der Waals surface area contributed by atoms with Gasteiger partial charge in [-0.1, -0.05) is 15.9 Å². The van der Waals surface area contributed by atoms with E-state index in [1.807, 2.05) is 18.2 Å². The molecule has 1 heterocycles. The van der Waals surface area contributed by atoms with Crippen molar-refractivity contribution in [3.63, 3.8) is 0 Å². The summed E-state index contributed by atoms with van der Waals surface area (Å²) in [5.74, 6) is 0. The largest absolute Gasteiger partial charge is 0.379 e. The molecule has 5 nitrogen and oxygen atoms in total. The van der Waals surface area contributed by atoms with E-state index in [1.54, 1.807) is 7.05 Å². The van der Waals surface area contributed by atoms with E-state index in [1.165, 1.54) is 17.7 Å². The first-order valence-corrected chi connectivity index (χ1v) is 7.43. The second-order valence-electron chi connectivity index (χ2n) is 4.35. The minimum Gasteiger partial charge on any atom is -0.379 e. The molecule has 0 aliphatic heterocycles. The number of aromatic nitrogens is 2. The van der Waals surface area contributed by atoms with E-state index in [9.17, 15) is 9.59 Å². The summed E-state index contributed by atoms with van der Waals surface area (Å²) >= 11 is 6.85. The summed E-state index contributed by atoms with van der Waals surface area (Å²) in [6.07, 6.45) is 0. The molecule has 1 N–H and O–H groups in total. The lowest BCUT2D eigenvalue weighted by molar-refractivity contribution is 0.655. The Balaban J connectivity index is 2.30. The average molecular weight is 403 g/mol. The van der Waals surface area contributed by atoms with Gasteiger partial charge in [-0.05, 0) is 34.1 Å². The van der Waals surface area contributed by atoms with Gasteiger partial charge in [-0.15, -0.1) is 0 Å². The Bertz CT molecular complexity index is 765. The highest BCUT2D eigenvalue weighted by atomic mass is 79.9. The summed E-state index contributed by atoms with van der Waals surface area (Å²) in [4.78, 5) is 23.5. The van der Waals surface area contributed by atoms with Crippen LogP contribution in [0.2, 0.25) is 0 Å². The number of halogens is 2. The van der Waals surface area contributed by atoms with Crippen LogP contribution in [0, 0.1) is 0 Å². The molecule has 1 aromatic heterocycles. The van der Waals surface area contributed by atoms with Gasteiger partial charge in [0.15, 0.2) is 0 Å². The van der Waals surface area contributed by atoms with E-state index in [-0.39, 0.29) is 11.2 Å². The van der Waals surface area contributed by atoms with Crippen LogP contribution in [0.1, 0.15) is 5.69 Å². The monoisotopic (exact) mass is 401 g/mol. The number of anilines is 1. The van der Waals surface area contributed by atoms with Gasteiger partial charge in [0.05, 0.1) is 6.54 Å². The van der Waals surface area contributed by atoms with Gasteiger partial charge in [0.1, 0.15) is 0 Å². The molecule has 0 amide bonds. The Morgan fingerprint density at radius 3 is 2.50 bits per heavy atom. The van der Waals surface area contributed by atoms with Crippen molar-refractivity contribution in [1.29, 1.82) is 0 Å². The van der Waals surface area contributed by atoms with Crippen molar-refractivity contribution in [1.82, 2.24) is 9.13 Å². The average Bonchev–Trinajstić information content (AvgIpc) is 2.42. The van der Waals surface area contributed by atoms with Crippen LogP contribution in [-0.4, -0.2) is 9.13 Å². The maximum absolute atomic E-state index is 11.8. The SMILES string of the molecule is Cn1c(CNc2cc(Br)ccc2Br)cc(=O)n(C)c1=O. The van der Waals surface area contributed by atoms with Gasteiger partial charge >= 0.3 is 5.69 Å². The van der Waals surface area contributed by atoms with Crippen molar-refractivity contribution >= 4 is 37.5 Å². The third-order valence-corrected chi connectivity index (χ3v) is 4.20. The zero-order valence-corrected chi connectivity index (χ0v) is 14.2. The van der Waals surface area contributed by atoms with Crippen LogP contribution in [-0.2, 0) is 20.6 Å². The molecule has 20 heavy (non-hydrogen) atoms. The first-order chi connectivity index (χ1) is 9.40. The fraction of sp³-hybridized carbons (Fsp3) is 0.231. The molecule has 0 aliphatic rings. The lowest BCUT2D eigenvalue weighted by Gasteiger charge is -2.12. The van der Waals surface area contributed by atoms with Gasteiger partial charge < -0.3 is 5.32 Å². The van der Waals surface area contributed by atoms with Crippen molar-refractivity contribution in [2.45, 2.75) is 6.54 Å². The standard InChI is InChI=1S/C13H13Br2N3O2/c1-17-9(6-12(19)18(2)13(17)20)7-16-11-5-8(14)3-4-10(11)15/h3-6,16H,7H2,1-2H3. The van der Waals surface area contributed by atoms with Gasteiger partial charge in [-0.3, -0.25) is 13.9 Å². The summed E-state index contributed by atoms with van der Waals surface area (Å²) in [5, 5.41) is 3.20. The molecule has 2 aromatic rings. The molecule has 106 valence electrons. The van der Waals surface area contributed by atoms with E-state index in [2.05, 4.69) is 37.2 Å². The predicted octanol–water partition coefficient (Wildman–Crippen LogP) is 2.22. The molecule has 0 spiro atoms. The van der Waals surface area contributed by atoms with Crippen molar-refractivity contribution in [2.75, 3.05) is 5.32 Å². The van der Waals surface area contributed by atoms with Gasteiger partial charge in [-0.2, -0.15) is 0 Å². The molecule has 0 saturated carbocycles. The highest BCUT2D eigenvalue weighted by Gasteiger charge is 2.07. The first kappa shape index (κ1) is 15.1. The summed E-state index contributed by atoms with van der Waals surface area (Å²) in [6, 6.07) is 7.21. The van der Waals surface area contributed by atoms with Crippen LogP contribution >= 0.6 is 31.9 Å². The van der Waals surface area contributed by atoms with Crippen molar-refractivity contribution < 1.29 is 0 Å². The van der Waals surface area contributed by atoms with Crippen LogP contribution in [0.15, 0.2) is 42.8 Å². The summed E-state index contributed by atoms with van der Waals surface area (Å²) in [6.45, 7) is 0.386. The van der Waals surface area contributed by atoms with E-state index < -0.39 is 0 Å². The number of hydrogen-bond acceptors (Lipinski definition) is 3. The molecule has 0 bridgehead atoms. The van der Waals surface area contributed by atoms with Gasteiger partial charge in [0.25, 0.3) is 5.56 Å². The van der Waals surface area contributed by atoms with Crippen molar-refractivity contribution in [2.24, 2.45) is 14.1 Å². The molecular formula is C13H13Br2N3O2. The summed E-state index contributed by atoms with van der Waals surface area (Å²) in [7, 11) is 3.11. The minimum absolute atomic E-state index is 0.307. The number of nitrogens with one attached hydrogen (secondary N) is 1. The van der Waals surface area contributed by atoms with Crippen LogP contribution < -0.4 is 16.6 Å². The Hall–Kier alpha value is -1.34.